The minimum Gasteiger partial charge on any atom is -0.342 e. The standard InChI is InChI=1S/C17H25N3O3S/c1-2-24(22,23)20-10-7-17(14-20)6-4-9-19(13-17)16(21)11-15-5-3-8-18-12-15/h3,5,8,12H,2,4,6-7,9-11,13-14H2,1H3/t17-/m0/s1. The molecule has 0 aliphatic carbocycles. The van der Waals surface area contributed by atoms with E-state index < -0.39 is 10.0 Å². The molecule has 3 heterocycles. The van der Waals surface area contributed by atoms with E-state index in [2.05, 4.69) is 4.98 Å². The lowest BCUT2D eigenvalue weighted by Crippen LogP contribution is -2.48. The number of piperidine rings is 1. The molecule has 2 aliphatic heterocycles. The number of hydrogen-bond donors (Lipinski definition) is 0. The molecule has 7 heteroatoms. The third kappa shape index (κ3) is 3.62. The monoisotopic (exact) mass is 351 g/mol. The Labute approximate surface area is 143 Å². The number of rotatable bonds is 4. The summed E-state index contributed by atoms with van der Waals surface area (Å²) in [6.45, 7) is 4.26. The number of likely N-dealkylation sites (tertiary alicyclic amines) is 1. The van der Waals surface area contributed by atoms with Gasteiger partial charge in [-0.25, -0.2) is 12.7 Å². The van der Waals surface area contributed by atoms with Crippen LogP contribution in [0.25, 0.3) is 0 Å². The summed E-state index contributed by atoms with van der Waals surface area (Å²) in [6, 6.07) is 3.75. The first-order valence-corrected chi connectivity index (χ1v) is 10.2. The summed E-state index contributed by atoms with van der Waals surface area (Å²) in [5, 5.41) is 0. The van der Waals surface area contributed by atoms with Crippen LogP contribution in [-0.4, -0.2) is 60.4 Å². The van der Waals surface area contributed by atoms with Crippen molar-refractivity contribution in [1.29, 1.82) is 0 Å². The van der Waals surface area contributed by atoms with E-state index in [1.165, 1.54) is 0 Å². The van der Waals surface area contributed by atoms with E-state index in [1.54, 1.807) is 23.6 Å². The molecule has 0 saturated carbocycles. The van der Waals surface area contributed by atoms with Gasteiger partial charge in [-0.05, 0) is 37.8 Å². The van der Waals surface area contributed by atoms with Gasteiger partial charge in [-0.15, -0.1) is 0 Å². The van der Waals surface area contributed by atoms with Crippen molar-refractivity contribution in [2.45, 2.75) is 32.6 Å². The van der Waals surface area contributed by atoms with Gasteiger partial charge in [0.15, 0.2) is 0 Å². The smallest absolute Gasteiger partial charge is 0.227 e. The summed E-state index contributed by atoms with van der Waals surface area (Å²) in [5.41, 5.74) is 0.856. The zero-order valence-corrected chi connectivity index (χ0v) is 15.0. The number of amides is 1. The highest BCUT2D eigenvalue weighted by Gasteiger charge is 2.45. The average molecular weight is 351 g/mol. The van der Waals surface area contributed by atoms with Crippen LogP contribution in [0.1, 0.15) is 31.7 Å². The molecule has 1 aromatic rings. The second-order valence-electron chi connectivity index (χ2n) is 6.94. The van der Waals surface area contributed by atoms with E-state index >= 15 is 0 Å². The van der Waals surface area contributed by atoms with Crippen molar-refractivity contribution in [3.8, 4) is 0 Å². The number of carbonyl (C=O) groups excluding carboxylic acids is 1. The molecule has 2 saturated heterocycles. The van der Waals surface area contributed by atoms with E-state index in [1.807, 2.05) is 17.0 Å². The molecule has 132 valence electrons. The molecule has 1 aromatic heterocycles. The maximum Gasteiger partial charge on any atom is 0.227 e. The summed E-state index contributed by atoms with van der Waals surface area (Å²) in [4.78, 5) is 18.6. The quantitative estimate of drug-likeness (QED) is 0.819. The highest BCUT2D eigenvalue weighted by Crippen LogP contribution is 2.40. The van der Waals surface area contributed by atoms with Gasteiger partial charge in [-0.3, -0.25) is 9.78 Å². The molecule has 0 unspecified atom stereocenters. The Morgan fingerprint density at radius 3 is 2.83 bits per heavy atom. The zero-order valence-electron chi connectivity index (χ0n) is 14.1. The summed E-state index contributed by atoms with van der Waals surface area (Å²) < 4.78 is 25.9. The number of pyridine rings is 1. The second kappa shape index (κ2) is 6.80. The molecule has 1 atom stereocenters. The van der Waals surface area contributed by atoms with E-state index in [0.717, 1.165) is 31.4 Å². The number of nitrogens with zero attached hydrogens (tertiary/aromatic N) is 3. The van der Waals surface area contributed by atoms with Crippen molar-refractivity contribution in [2.24, 2.45) is 5.41 Å². The third-order valence-corrected chi connectivity index (χ3v) is 7.08. The molecule has 0 radical (unpaired) electrons. The number of hydrogen-bond acceptors (Lipinski definition) is 4. The topological polar surface area (TPSA) is 70.6 Å². The second-order valence-corrected chi connectivity index (χ2v) is 9.20. The van der Waals surface area contributed by atoms with Crippen molar-refractivity contribution >= 4 is 15.9 Å². The van der Waals surface area contributed by atoms with Crippen molar-refractivity contribution < 1.29 is 13.2 Å². The van der Waals surface area contributed by atoms with E-state index in [-0.39, 0.29) is 17.1 Å². The average Bonchev–Trinajstić information content (AvgIpc) is 3.00. The molecule has 2 aliphatic rings. The number of sulfonamides is 1. The number of aromatic nitrogens is 1. The predicted octanol–water partition coefficient (Wildman–Crippen LogP) is 1.29. The summed E-state index contributed by atoms with van der Waals surface area (Å²) in [6.07, 6.45) is 6.58. The molecule has 3 rings (SSSR count). The van der Waals surface area contributed by atoms with E-state index in [0.29, 0.717) is 26.1 Å². The lowest BCUT2D eigenvalue weighted by Gasteiger charge is -2.40. The van der Waals surface area contributed by atoms with Gasteiger partial charge in [-0.2, -0.15) is 0 Å². The minimum absolute atomic E-state index is 0.0644. The lowest BCUT2D eigenvalue weighted by atomic mass is 9.79. The van der Waals surface area contributed by atoms with Crippen LogP contribution in [0.4, 0.5) is 0 Å². The molecule has 1 amide bonds. The minimum atomic E-state index is -3.14. The van der Waals surface area contributed by atoms with Crippen LogP contribution in [0.2, 0.25) is 0 Å². The van der Waals surface area contributed by atoms with Gasteiger partial charge in [0.1, 0.15) is 0 Å². The summed E-state index contributed by atoms with van der Waals surface area (Å²) >= 11 is 0. The molecule has 0 N–H and O–H groups in total. The first-order valence-electron chi connectivity index (χ1n) is 8.59. The summed E-state index contributed by atoms with van der Waals surface area (Å²) in [5.74, 6) is 0.256. The third-order valence-electron chi connectivity index (χ3n) is 5.25. The molecule has 0 bridgehead atoms. The Bertz CT molecular complexity index is 692. The lowest BCUT2D eigenvalue weighted by molar-refractivity contribution is -0.133. The molecule has 2 fully saturated rings. The van der Waals surface area contributed by atoms with Gasteiger partial charge in [0, 0.05) is 44.0 Å². The van der Waals surface area contributed by atoms with Crippen LogP contribution in [0.15, 0.2) is 24.5 Å². The van der Waals surface area contributed by atoms with Crippen LogP contribution < -0.4 is 0 Å². The molecular weight excluding hydrogens is 326 g/mol. The van der Waals surface area contributed by atoms with Crippen LogP contribution in [0.5, 0.6) is 0 Å². The number of carbonyl (C=O) groups is 1. The largest absolute Gasteiger partial charge is 0.342 e. The fourth-order valence-electron chi connectivity index (χ4n) is 3.86. The zero-order chi connectivity index (χ0) is 17.2. The van der Waals surface area contributed by atoms with Crippen molar-refractivity contribution in [2.75, 3.05) is 31.9 Å². The SMILES string of the molecule is CCS(=O)(=O)N1CC[C@]2(CCCN(C(=O)Cc3cccnc3)C2)C1. The van der Waals surface area contributed by atoms with Gasteiger partial charge in [0.05, 0.1) is 12.2 Å². The molecule has 24 heavy (non-hydrogen) atoms. The maximum absolute atomic E-state index is 12.6. The summed E-state index contributed by atoms with van der Waals surface area (Å²) in [7, 11) is -3.14. The van der Waals surface area contributed by atoms with Crippen molar-refractivity contribution in [3.05, 3.63) is 30.1 Å². The van der Waals surface area contributed by atoms with Gasteiger partial charge in [0.25, 0.3) is 0 Å². The normalized spacial score (nSPS) is 25.3. The van der Waals surface area contributed by atoms with E-state index in [9.17, 15) is 13.2 Å². The Hall–Kier alpha value is -1.47. The fraction of sp³-hybridized carbons (Fsp3) is 0.647. The van der Waals surface area contributed by atoms with Crippen molar-refractivity contribution in [1.82, 2.24) is 14.2 Å². The molecule has 0 aromatic carbocycles. The Kier molecular flexibility index (Phi) is 4.92. The molecular formula is C17H25N3O3S. The maximum atomic E-state index is 12.6. The van der Waals surface area contributed by atoms with Gasteiger partial charge in [0.2, 0.25) is 15.9 Å². The first-order chi connectivity index (χ1) is 11.4. The van der Waals surface area contributed by atoms with Crippen LogP contribution in [0, 0.1) is 5.41 Å². The molecule has 1 spiro atoms. The van der Waals surface area contributed by atoms with Crippen LogP contribution >= 0.6 is 0 Å². The Balaban J connectivity index is 1.65. The Morgan fingerprint density at radius 1 is 1.29 bits per heavy atom. The van der Waals surface area contributed by atoms with Crippen LogP contribution in [0.3, 0.4) is 0 Å². The van der Waals surface area contributed by atoms with Gasteiger partial charge >= 0.3 is 0 Å². The molecule has 6 nitrogen and oxygen atoms in total. The van der Waals surface area contributed by atoms with Crippen molar-refractivity contribution in [3.63, 3.8) is 0 Å². The van der Waals surface area contributed by atoms with Gasteiger partial charge < -0.3 is 4.90 Å². The first kappa shape index (κ1) is 17.4. The highest BCUT2D eigenvalue weighted by molar-refractivity contribution is 7.89. The van der Waals surface area contributed by atoms with E-state index in [4.69, 9.17) is 0 Å². The highest BCUT2D eigenvalue weighted by atomic mass is 32.2. The fourth-order valence-corrected chi connectivity index (χ4v) is 5.06. The Morgan fingerprint density at radius 2 is 2.12 bits per heavy atom. The van der Waals surface area contributed by atoms with Crippen LogP contribution in [-0.2, 0) is 21.2 Å². The van der Waals surface area contributed by atoms with Gasteiger partial charge in [-0.1, -0.05) is 6.07 Å². The predicted molar refractivity (Wildman–Crippen MR) is 91.8 cm³/mol.